The summed E-state index contributed by atoms with van der Waals surface area (Å²) in [5.41, 5.74) is 1.12. The highest BCUT2D eigenvalue weighted by atomic mass is 16.6. The zero-order valence-electron chi connectivity index (χ0n) is 11.3. The van der Waals surface area contributed by atoms with Gasteiger partial charge in [0.1, 0.15) is 0 Å². The molecule has 0 spiro atoms. The normalized spacial score (nSPS) is 10.1. The van der Waals surface area contributed by atoms with Crippen LogP contribution in [0.2, 0.25) is 0 Å². The average molecular weight is 290 g/mol. The van der Waals surface area contributed by atoms with Crippen molar-refractivity contribution in [3.63, 3.8) is 0 Å². The topological polar surface area (TPSA) is 97.5 Å². The molecule has 2 aromatic rings. The molecule has 0 aliphatic rings. The molecule has 0 unspecified atom stereocenters. The van der Waals surface area contributed by atoms with E-state index in [1.807, 2.05) is 17.4 Å². The highest BCUT2D eigenvalue weighted by Gasteiger charge is 2.15. The molecule has 7 heteroatoms. The SMILES string of the molecule is CCOC(=O)NC(=O)COC(=O)c1c[nH]c2ccccc12. The van der Waals surface area contributed by atoms with Gasteiger partial charge < -0.3 is 14.5 Å². The van der Waals surface area contributed by atoms with Gasteiger partial charge in [-0.05, 0) is 13.0 Å². The second kappa shape index (κ2) is 6.56. The third-order valence-electron chi connectivity index (χ3n) is 2.66. The minimum Gasteiger partial charge on any atom is -0.452 e. The number of esters is 1. The molecule has 0 bridgehead atoms. The van der Waals surface area contributed by atoms with Crippen molar-refractivity contribution >= 4 is 28.9 Å². The minimum absolute atomic E-state index is 0.147. The van der Waals surface area contributed by atoms with Crippen molar-refractivity contribution < 1.29 is 23.9 Å². The predicted molar refractivity (Wildman–Crippen MR) is 73.7 cm³/mol. The maximum Gasteiger partial charge on any atom is 0.413 e. The number of alkyl carbamates (subject to hydrolysis) is 1. The summed E-state index contributed by atoms with van der Waals surface area (Å²) in [6.45, 7) is 1.20. The molecule has 0 saturated carbocycles. The molecule has 0 saturated heterocycles. The Bertz CT molecular complexity index is 677. The van der Waals surface area contributed by atoms with Gasteiger partial charge in [0.15, 0.2) is 6.61 Å². The van der Waals surface area contributed by atoms with E-state index in [0.717, 1.165) is 5.52 Å². The number of aromatic amines is 1. The Morgan fingerprint density at radius 2 is 1.95 bits per heavy atom. The zero-order chi connectivity index (χ0) is 15.2. The number of benzene rings is 1. The van der Waals surface area contributed by atoms with Gasteiger partial charge in [0, 0.05) is 17.1 Å². The molecule has 0 radical (unpaired) electrons. The molecule has 7 nitrogen and oxygen atoms in total. The summed E-state index contributed by atoms with van der Waals surface area (Å²) in [6.07, 6.45) is 0.640. The third-order valence-corrected chi connectivity index (χ3v) is 2.66. The smallest absolute Gasteiger partial charge is 0.413 e. The van der Waals surface area contributed by atoms with Crippen LogP contribution in [0.3, 0.4) is 0 Å². The first-order valence-corrected chi connectivity index (χ1v) is 6.31. The summed E-state index contributed by atoms with van der Waals surface area (Å²) in [5.74, 6) is -1.40. The Morgan fingerprint density at radius 3 is 2.71 bits per heavy atom. The lowest BCUT2D eigenvalue weighted by Gasteiger charge is -2.05. The van der Waals surface area contributed by atoms with E-state index in [0.29, 0.717) is 10.9 Å². The van der Waals surface area contributed by atoms with Gasteiger partial charge >= 0.3 is 12.1 Å². The molecule has 2 amide bonds. The minimum atomic E-state index is -0.870. The highest BCUT2D eigenvalue weighted by Crippen LogP contribution is 2.18. The van der Waals surface area contributed by atoms with Gasteiger partial charge in [0.05, 0.1) is 12.2 Å². The Labute approximate surface area is 120 Å². The molecule has 1 aromatic carbocycles. The molecule has 1 aromatic heterocycles. The monoisotopic (exact) mass is 290 g/mol. The van der Waals surface area contributed by atoms with Crippen LogP contribution in [0.5, 0.6) is 0 Å². The largest absolute Gasteiger partial charge is 0.452 e. The Morgan fingerprint density at radius 1 is 1.19 bits per heavy atom. The van der Waals surface area contributed by atoms with Gasteiger partial charge in [-0.1, -0.05) is 18.2 Å². The van der Waals surface area contributed by atoms with E-state index in [-0.39, 0.29) is 6.61 Å². The number of amides is 2. The van der Waals surface area contributed by atoms with Crippen molar-refractivity contribution in [3.05, 3.63) is 36.0 Å². The van der Waals surface area contributed by atoms with Crippen LogP contribution in [0.4, 0.5) is 4.79 Å². The van der Waals surface area contributed by atoms with E-state index in [1.165, 1.54) is 6.20 Å². The molecule has 110 valence electrons. The average Bonchev–Trinajstić information content (AvgIpc) is 2.89. The predicted octanol–water partition coefficient (Wildman–Crippen LogP) is 1.60. The van der Waals surface area contributed by atoms with Crippen molar-refractivity contribution in [2.75, 3.05) is 13.2 Å². The van der Waals surface area contributed by atoms with Crippen LogP contribution in [0.1, 0.15) is 17.3 Å². The maximum atomic E-state index is 11.9. The lowest BCUT2D eigenvalue weighted by Crippen LogP contribution is -2.34. The van der Waals surface area contributed by atoms with E-state index in [9.17, 15) is 14.4 Å². The summed E-state index contributed by atoms with van der Waals surface area (Å²) >= 11 is 0. The quantitative estimate of drug-likeness (QED) is 0.833. The number of carbonyl (C=O) groups excluding carboxylic acids is 3. The van der Waals surface area contributed by atoms with Gasteiger partial charge in [0.25, 0.3) is 5.91 Å². The molecular formula is C14H14N2O5. The number of carbonyl (C=O) groups is 3. The standard InChI is InChI=1S/C14H14N2O5/c1-2-20-14(19)16-12(17)8-21-13(18)10-7-15-11-6-4-3-5-9(10)11/h3-7,15H,2,8H2,1H3,(H,16,17,19). The van der Waals surface area contributed by atoms with Crippen LogP contribution in [0.15, 0.2) is 30.5 Å². The lowest BCUT2D eigenvalue weighted by atomic mass is 10.2. The molecular weight excluding hydrogens is 276 g/mol. The molecule has 21 heavy (non-hydrogen) atoms. The molecule has 0 aliphatic carbocycles. The molecule has 0 fully saturated rings. The number of nitrogens with one attached hydrogen (secondary N) is 2. The molecule has 2 N–H and O–H groups in total. The van der Waals surface area contributed by atoms with Gasteiger partial charge in [0.2, 0.25) is 0 Å². The summed E-state index contributed by atoms with van der Waals surface area (Å²) in [7, 11) is 0. The summed E-state index contributed by atoms with van der Waals surface area (Å²) in [5, 5.41) is 2.64. The van der Waals surface area contributed by atoms with Crippen LogP contribution >= 0.6 is 0 Å². The summed E-state index contributed by atoms with van der Waals surface area (Å²) < 4.78 is 9.39. The Hall–Kier alpha value is -2.83. The van der Waals surface area contributed by atoms with Crippen molar-refractivity contribution in [2.24, 2.45) is 0 Å². The van der Waals surface area contributed by atoms with Crippen molar-refractivity contribution in [3.8, 4) is 0 Å². The van der Waals surface area contributed by atoms with E-state index < -0.39 is 24.6 Å². The number of H-pyrrole nitrogens is 1. The van der Waals surface area contributed by atoms with Crippen molar-refractivity contribution in [1.29, 1.82) is 0 Å². The van der Waals surface area contributed by atoms with Gasteiger partial charge in [-0.15, -0.1) is 0 Å². The fourth-order valence-corrected chi connectivity index (χ4v) is 1.77. The first-order chi connectivity index (χ1) is 10.1. The summed E-state index contributed by atoms with van der Waals surface area (Å²) in [4.78, 5) is 37.2. The second-order valence-electron chi connectivity index (χ2n) is 4.09. The molecule has 2 rings (SSSR count). The number of rotatable bonds is 4. The molecule has 1 heterocycles. The number of hydrogen-bond donors (Lipinski definition) is 2. The van der Waals surface area contributed by atoms with E-state index >= 15 is 0 Å². The van der Waals surface area contributed by atoms with Crippen molar-refractivity contribution in [2.45, 2.75) is 6.92 Å². The van der Waals surface area contributed by atoms with E-state index in [4.69, 9.17) is 4.74 Å². The van der Waals surface area contributed by atoms with E-state index in [2.05, 4.69) is 9.72 Å². The van der Waals surface area contributed by atoms with Crippen LogP contribution in [0, 0.1) is 0 Å². The van der Waals surface area contributed by atoms with Crippen LogP contribution in [0.25, 0.3) is 10.9 Å². The Kier molecular flexibility index (Phi) is 4.55. The van der Waals surface area contributed by atoms with E-state index in [1.54, 1.807) is 19.1 Å². The van der Waals surface area contributed by atoms with Crippen molar-refractivity contribution in [1.82, 2.24) is 10.3 Å². The van der Waals surface area contributed by atoms with Gasteiger partial charge in [-0.2, -0.15) is 0 Å². The first-order valence-electron chi connectivity index (χ1n) is 6.31. The van der Waals surface area contributed by atoms with Crippen LogP contribution < -0.4 is 5.32 Å². The van der Waals surface area contributed by atoms with Crippen LogP contribution in [-0.4, -0.2) is 36.2 Å². The van der Waals surface area contributed by atoms with Gasteiger partial charge in [-0.25, -0.2) is 9.59 Å². The Balaban J connectivity index is 1.93. The second-order valence-corrected chi connectivity index (χ2v) is 4.09. The van der Waals surface area contributed by atoms with Gasteiger partial charge in [-0.3, -0.25) is 10.1 Å². The number of ether oxygens (including phenoxy) is 2. The first kappa shape index (κ1) is 14.6. The maximum absolute atomic E-state index is 11.9. The fraction of sp³-hybridized carbons (Fsp3) is 0.214. The highest BCUT2D eigenvalue weighted by molar-refractivity contribution is 6.04. The number of fused-ring (bicyclic) bond motifs is 1. The number of hydrogen-bond acceptors (Lipinski definition) is 5. The molecule has 0 aliphatic heterocycles. The zero-order valence-corrected chi connectivity index (χ0v) is 11.3. The number of para-hydroxylation sites is 1. The summed E-state index contributed by atoms with van der Waals surface area (Å²) in [6, 6.07) is 7.21. The fourth-order valence-electron chi connectivity index (χ4n) is 1.77. The lowest BCUT2D eigenvalue weighted by molar-refractivity contribution is -0.123. The van der Waals surface area contributed by atoms with Crippen LogP contribution in [-0.2, 0) is 14.3 Å². The number of imide groups is 1. The number of aromatic nitrogens is 1. The third kappa shape index (κ3) is 3.59. The molecule has 0 atom stereocenters.